The number of likely N-dealkylation sites (N-methyl/N-ethyl adjacent to an activating group) is 1. The van der Waals surface area contributed by atoms with Gasteiger partial charge in [-0.25, -0.2) is 0 Å². The molecule has 5 heteroatoms. The van der Waals surface area contributed by atoms with Crippen molar-refractivity contribution in [3.8, 4) is 0 Å². The highest BCUT2D eigenvalue weighted by molar-refractivity contribution is 5.22. The number of likely N-dealkylation sites (tertiary alicyclic amines) is 1. The van der Waals surface area contributed by atoms with Crippen molar-refractivity contribution in [3.05, 3.63) is 35.4 Å². The summed E-state index contributed by atoms with van der Waals surface area (Å²) in [5.41, 5.74) is 2.34. The molecule has 21 heavy (non-hydrogen) atoms. The van der Waals surface area contributed by atoms with Crippen LogP contribution in [0.4, 0.5) is 13.2 Å². The smallest absolute Gasteiger partial charge is 0.319 e. The highest BCUT2D eigenvalue weighted by Gasteiger charge is 2.41. The van der Waals surface area contributed by atoms with Crippen molar-refractivity contribution in [2.45, 2.75) is 32.0 Å². The molecule has 0 saturated carbocycles. The third-order valence-corrected chi connectivity index (χ3v) is 4.06. The topological polar surface area (TPSA) is 15.3 Å². The minimum atomic E-state index is -4.06. The molecule has 1 aliphatic heterocycles. The van der Waals surface area contributed by atoms with Crippen molar-refractivity contribution in [1.29, 1.82) is 0 Å². The number of rotatable bonds is 5. The summed E-state index contributed by atoms with van der Waals surface area (Å²) in [6, 6.07) is 8.19. The van der Waals surface area contributed by atoms with E-state index in [4.69, 9.17) is 0 Å². The van der Waals surface area contributed by atoms with E-state index in [-0.39, 0.29) is 13.0 Å². The van der Waals surface area contributed by atoms with Gasteiger partial charge in [-0.05, 0) is 50.5 Å². The lowest BCUT2D eigenvalue weighted by Crippen LogP contribution is -2.41. The first-order chi connectivity index (χ1) is 9.99. The second-order valence-electron chi connectivity index (χ2n) is 5.79. The largest absolute Gasteiger partial charge is 0.393 e. The van der Waals surface area contributed by atoms with Gasteiger partial charge in [0, 0.05) is 13.1 Å². The first-order valence-corrected chi connectivity index (χ1v) is 7.50. The zero-order chi connectivity index (χ0) is 15.3. The molecule has 1 unspecified atom stereocenters. The fourth-order valence-corrected chi connectivity index (χ4v) is 2.81. The van der Waals surface area contributed by atoms with Gasteiger partial charge in [0.25, 0.3) is 0 Å². The molecule has 0 bridgehead atoms. The highest BCUT2D eigenvalue weighted by atomic mass is 19.4. The Bertz CT molecular complexity index is 428. The summed E-state index contributed by atoms with van der Waals surface area (Å²) in [7, 11) is 1.92. The van der Waals surface area contributed by atoms with E-state index in [0.29, 0.717) is 13.0 Å². The SMILES string of the molecule is CNCCc1ccc(CN2CCCC(C(F)(F)F)C2)cc1. The van der Waals surface area contributed by atoms with E-state index in [0.717, 1.165) is 25.1 Å². The van der Waals surface area contributed by atoms with Crippen LogP contribution in [0.25, 0.3) is 0 Å². The predicted octanol–water partition coefficient (Wildman–Crippen LogP) is 3.22. The summed E-state index contributed by atoms with van der Waals surface area (Å²) in [5.74, 6) is -1.17. The molecule has 118 valence electrons. The van der Waals surface area contributed by atoms with Crippen LogP contribution in [0, 0.1) is 5.92 Å². The van der Waals surface area contributed by atoms with Gasteiger partial charge < -0.3 is 5.32 Å². The van der Waals surface area contributed by atoms with Crippen LogP contribution in [0.1, 0.15) is 24.0 Å². The Morgan fingerprint density at radius 1 is 1.19 bits per heavy atom. The van der Waals surface area contributed by atoms with Crippen LogP contribution in [-0.4, -0.2) is 37.8 Å². The standard InChI is InChI=1S/C16H23F3N2/c1-20-9-8-13-4-6-14(7-5-13)11-21-10-2-3-15(12-21)16(17,18)19/h4-7,15,20H,2-3,8-12H2,1H3. The number of alkyl halides is 3. The number of hydrogen-bond acceptors (Lipinski definition) is 2. The van der Waals surface area contributed by atoms with E-state index in [2.05, 4.69) is 17.4 Å². The van der Waals surface area contributed by atoms with Crippen molar-refractivity contribution < 1.29 is 13.2 Å². The van der Waals surface area contributed by atoms with Gasteiger partial charge in [-0.2, -0.15) is 13.2 Å². The molecule has 1 atom stereocenters. The van der Waals surface area contributed by atoms with E-state index in [1.807, 2.05) is 24.1 Å². The molecule has 0 aromatic heterocycles. The lowest BCUT2D eigenvalue weighted by Gasteiger charge is -2.33. The molecule has 2 rings (SSSR count). The monoisotopic (exact) mass is 300 g/mol. The third-order valence-electron chi connectivity index (χ3n) is 4.06. The van der Waals surface area contributed by atoms with Gasteiger partial charge in [-0.1, -0.05) is 24.3 Å². The van der Waals surface area contributed by atoms with Crippen LogP contribution in [0.3, 0.4) is 0 Å². The summed E-state index contributed by atoms with van der Waals surface area (Å²) in [5, 5.41) is 3.10. The third kappa shape index (κ3) is 5.00. The Balaban J connectivity index is 1.89. The van der Waals surface area contributed by atoms with Crippen molar-refractivity contribution in [2.75, 3.05) is 26.7 Å². The fraction of sp³-hybridized carbons (Fsp3) is 0.625. The second kappa shape index (κ2) is 7.27. The first kappa shape index (κ1) is 16.3. The van der Waals surface area contributed by atoms with Gasteiger partial charge in [0.15, 0.2) is 0 Å². The Kier molecular flexibility index (Phi) is 5.65. The Labute approximate surface area is 124 Å². The van der Waals surface area contributed by atoms with Crippen molar-refractivity contribution in [1.82, 2.24) is 10.2 Å². The van der Waals surface area contributed by atoms with E-state index in [9.17, 15) is 13.2 Å². The summed E-state index contributed by atoms with van der Waals surface area (Å²) in [4.78, 5) is 1.92. The Morgan fingerprint density at radius 3 is 2.48 bits per heavy atom. The summed E-state index contributed by atoms with van der Waals surface area (Å²) >= 11 is 0. The number of piperidine rings is 1. The molecular weight excluding hydrogens is 277 g/mol. The van der Waals surface area contributed by atoms with Crippen LogP contribution in [-0.2, 0) is 13.0 Å². The zero-order valence-electron chi connectivity index (χ0n) is 12.4. The van der Waals surface area contributed by atoms with Gasteiger partial charge in [0.2, 0.25) is 0 Å². The second-order valence-corrected chi connectivity index (χ2v) is 5.79. The van der Waals surface area contributed by atoms with Crippen LogP contribution in [0.5, 0.6) is 0 Å². The van der Waals surface area contributed by atoms with Crippen molar-refractivity contribution >= 4 is 0 Å². The van der Waals surface area contributed by atoms with Gasteiger partial charge in [-0.15, -0.1) is 0 Å². The quantitative estimate of drug-likeness (QED) is 0.898. The number of nitrogens with zero attached hydrogens (tertiary/aromatic N) is 1. The average molecular weight is 300 g/mol. The van der Waals surface area contributed by atoms with Crippen LogP contribution in [0.15, 0.2) is 24.3 Å². The normalized spacial score (nSPS) is 20.7. The van der Waals surface area contributed by atoms with Crippen LogP contribution in [0.2, 0.25) is 0 Å². The van der Waals surface area contributed by atoms with E-state index < -0.39 is 12.1 Å². The zero-order valence-corrected chi connectivity index (χ0v) is 12.4. The highest BCUT2D eigenvalue weighted by Crippen LogP contribution is 2.33. The van der Waals surface area contributed by atoms with Gasteiger partial charge in [-0.3, -0.25) is 4.90 Å². The molecule has 2 nitrogen and oxygen atoms in total. The van der Waals surface area contributed by atoms with Gasteiger partial charge in [0.1, 0.15) is 0 Å². The van der Waals surface area contributed by atoms with E-state index in [1.54, 1.807) is 0 Å². The molecular formula is C16H23F3N2. The molecule has 1 saturated heterocycles. The molecule has 1 N–H and O–H groups in total. The summed E-state index contributed by atoms with van der Waals surface area (Å²) < 4.78 is 38.4. The minimum absolute atomic E-state index is 0.130. The molecule has 0 aliphatic carbocycles. The Morgan fingerprint density at radius 2 is 1.86 bits per heavy atom. The molecule has 0 spiro atoms. The molecule has 1 aromatic carbocycles. The van der Waals surface area contributed by atoms with Crippen LogP contribution < -0.4 is 5.32 Å². The minimum Gasteiger partial charge on any atom is -0.319 e. The maximum Gasteiger partial charge on any atom is 0.393 e. The Hall–Kier alpha value is -1.07. The summed E-state index contributed by atoms with van der Waals surface area (Å²) in [6.45, 7) is 2.43. The maximum absolute atomic E-state index is 12.8. The van der Waals surface area contributed by atoms with E-state index >= 15 is 0 Å². The molecule has 1 aromatic rings. The molecule has 0 radical (unpaired) electrons. The van der Waals surface area contributed by atoms with Gasteiger partial charge in [0.05, 0.1) is 5.92 Å². The molecule has 1 fully saturated rings. The van der Waals surface area contributed by atoms with Crippen molar-refractivity contribution in [3.63, 3.8) is 0 Å². The lowest BCUT2D eigenvalue weighted by molar-refractivity contribution is -0.187. The fourth-order valence-electron chi connectivity index (χ4n) is 2.81. The number of halogens is 3. The molecule has 0 amide bonds. The number of benzene rings is 1. The number of nitrogens with one attached hydrogen (secondary N) is 1. The molecule has 1 aliphatic rings. The number of hydrogen-bond donors (Lipinski definition) is 1. The average Bonchev–Trinajstić information content (AvgIpc) is 2.46. The van der Waals surface area contributed by atoms with Crippen molar-refractivity contribution in [2.24, 2.45) is 5.92 Å². The summed E-state index contributed by atoms with van der Waals surface area (Å²) in [6.07, 6.45) is -2.19. The lowest BCUT2D eigenvalue weighted by atomic mass is 9.97. The maximum atomic E-state index is 12.8. The van der Waals surface area contributed by atoms with E-state index in [1.165, 1.54) is 5.56 Å². The van der Waals surface area contributed by atoms with Gasteiger partial charge >= 0.3 is 6.18 Å². The van der Waals surface area contributed by atoms with Crippen LogP contribution >= 0.6 is 0 Å². The first-order valence-electron chi connectivity index (χ1n) is 7.50. The molecule has 1 heterocycles. The predicted molar refractivity (Wildman–Crippen MR) is 78.1 cm³/mol.